The number of H-pyrrole nitrogens is 1. The number of hydrogen-bond acceptors (Lipinski definition) is 2. The van der Waals surface area contributed by atoms with Gasteiger partial charge in [0, 0.05) is 29.4 Å². The van der Waals surface area contributed by atoms with Crippen LogP contribution in [0.2, 0.25) is 0 Å². The van der Waals surface area contributed by atoms with Gasteiger partial charge in [0.2, 0.25) is 0 Å². The van der Waals surface area contributed by atoms with E-state index in [1.807, 2.05) is 42.2 Å². The van der Waals surface area contributed by atoms with E-state index >= 15 is 0 Å². The van der Waals surface area contributed by atoms with Crippen LogP contribution in [0.15, 0.2) is 54.6 Å². The van der Waals surface area contributed by atoms with Crippen molar-refractivity contribution in [3.8, 4) is 0 Å². The summed E-state index contributed by atoms with van der Waals surface area (Å²) in [4.78, 5) is 19.2. The van der Waals surface area contributed by atoms with E-state index in [0.29, 0.717) is 18.5 Å². The van der Waals surface area contributed by atoms with Gasteiger partial charge in [-0.1, -0.05) is 42.5 Å². The highest BCUT2D eigenvalue weighted by Crippen LogP contribution is 2.53. The van der Waals surface area contributed by atoms with Gasteiger partial charge in [0.1, 0.15) is 5.69 Å². The fourth-order valence-electron chi connectivity index (χ4n) is 6.88. The predicted molar refractivity (Wildman–Crippen MR) is 128 cm³/mol. The van der Waals surface area contributed by atoms with Gasteiger partial charge < -0.3 is 15.2 Å². The van der Waals surface area contributed by atoms with Crippen molar-refractivity contribution in [2.45, 2.75) is 51.0 Å². The summed E-state index contributed by atoms with van der Waals surface area (Å²) in [6, 6.07) is 19.6. The fourth-order valence-corrected chi connectivity index (χ4v) is 6.88. The number of para-hydroxylation sites is 1. The second-order valence-electron chi connectivity index (χ2n) is 9.78. The molecule has 2 heterocycles. The minimum atomic E-state index is 0.0765. The third-order valence-electron chi connectivity index (χ3n) is 8.39. The Kier molecular flexibility index (Phi) is 4.55. The molecule has 6 rings (SSSR count). The lowest BCUT2D eigenvalue weighted by atomic mass is 9.52. The molecule has 32 heavy (non-hydrogen) atoms. The molecule has 1 aromatic heterocycles. The van der Waals surface area contributed by atoms with Crippen LogP contribution in [0, 0.1) is 12.8 Å². The average molecular weight is 426 g/mol. The van der Waals surface area contributed by atoms with Crippen LogP contribution in [-0.2, 0) is 24.7 Å². The van der Waals surface area contributed by atoms with E-state index in [0.717, 1.165) is 49.2 Å². The van der Waals surface area contributed by atoms with Gasteiger partial charge in [0.05, 0.1) is 0 Å². The lowest BCUT2D eigenvalue weighted by Crippen LogP contribution is -2.61. The van der Waals surface area contributed by atoms with Gasteiger partial charge in [0.25, 0.3) is 5.91 Å². The first-order chi connectivity index (χ1) is 15.6. The Labute approximate surface area is 190 Å². The van der Waals surface area contributed by atoms with Crippen LogP contribution in [0.1, 0.15) is 51.8 Å². The van der Waals surface area contributed by atoms with Crippen LogP contribution < -0.4 is 10.2 Å². The van der Waals surface area contributed by atoms with Gasteiger partial charge in [-0.3, -0.25) is 4.79 Å². The minimum Gasteiger partial charge on any atom is -0.354 e. The van der Waals surface area contributed by atoms with E-state index in [1.54, 1.807) is 5.56 Å². The van der Waals surface area contributed by atoms with Gasteiger partial charge in [-0.15, -0.1) is 0 Å². The minimum absolute atomic E-state index is 0.0765. The maximum atomic E-state index is 13.6. The number of aromatic amines is 1. The fraction of sp³-hybridized carbons (Fsp3) is 0.393. The molecule has 1 aliphatic heterocycles. The average Bonchev–Trinajstić information content (AvgIpc) is 3.14. The molecule has 3 aromatic rings. The van der Waals surface area contributed by atoms with Crippen LogP contribution >= 0.6 is 0 Å². The van der Waals surface area contributed by atoms with E-state index in [2.05, 4.69) is 41.5 Å². The molecule has 3 unspecified atom stereocenters. The first-order valence-electron chi connectivity index (χ1n) is 12.0. The molecule has 1 fully saturated rings. The molecule has 164 valence electrons. The van der Waals surface area contributed by atoms with E-state index in [1.165, 1.54) is 16.8 Å². The lowest BCUT2D eigenvalue weighted by molar-refractivity contribution is 0.0983. The second-order valence-corrected chi connectivity index (χ2v) is 9.78. The van der Waals surface area contributed by atoms with Crippen molar-refractivity contribution < 1.29 is 4.79 Å². The third kappa shape index (κ3) is 2.75. The Morgan fingerprint density at radius 3 is 2.69 bits per heavy atom. The number of carbonyl (C=O) groups is 1. The van der Waals surface area contributed by atoms with Crippen LogP contribution in [0.4, 0.5) is 5.69 Å². The Balaban J connectivity index is 1.42. The van der Waals surface area contributed by atoms with Crippen LogP contribution in [0.25, 0.3) is 0 Å². The van der Waals surface area contributed by atoms with Crippen molar-refractivity contribution in [1.29, 1.82) is 0 Å². The SMILES string of the molecule is CCN(C(=O)c1[nH]c2c(c1C)CC1C3Cc4ccccc4C1(CCN3)C2)c1ccccc1. The Bertz CT molecular complexity index is 1180. The molecule has 3 aliphatic rings. The number of fused-ring (bicyclic) bond motifs is 2. The number of benzene rings is 2. The molecule has 4 heteroatoms. The molecular formula is C28H31N3O. The highest BCUT2D eigenvalue weighted by molar-refractivity contribution is 6.06. The van der Waals surface area contributed by atoms with E-state index in [-0.39, 0.29) is 11.3 Å². The number of carbonyl (C=O) groups excluding carboxylic acids is 1. The highest BCUT2D eigenvalue weighted by atomic mass is 16.2. The number of rotatable bonds is 3. The summed E-state index contributed by atoms with van der Waals surface area (Å²) < 4.78 is 0. The smallest absolute Gasteiger partial charge is 0.274 e. The number of hydrogen-bond donors (Lipinski definition) is 2. The van der Waals surface area contributed by atoms with Gasteiger partial charge in [0.15, 0.2) is 0 Å². The molecule has 4 nitrogen and oxygen atoms in total. The van der Waals surface area contributed by atoms with Gasteiger partial charge in [-0.05, 0) is 86.4 Å². The molecule has 2 aliphatic carbocycles. The van der Waals surface area contributed by atoms with Crippen molar-refractivity contribution in [3.63, 3.8) is 0 Å². The van der Waals surface area contributed by atoms with Gasteiger partial charge in [-0.25, -0.2) is 0 Å². The lowest BCUT2D eigenvalue weighted by Gasteiger charge is -2.55. The number of anilines is 1. The van der Waals surface area contributed by atoms with Gasteiger partial charge >= 0.3 is 0 Å². The number of amides is 1. The number of nitrogens with one attached hydrogen (secondary N) is 2. The van der Waals surface area contributed by atoms with Crippen molar-refractivity contribution in [1.82, 2.24) is 10.3 Å². The molecule has 2 bridgehead atoms. The molecular weight excluding hydrogens is 394 g/mol. The monoisotopic (exact) mass is 425 g/mol. The summed E-state index contributed by atoms with van der Waals surface area (Å²) in [5.41, 5.74) is 8.76. The van der Waals surface area contributed by atoms with Gasteiger partial charge in [-0.2, -0.15) is 0 Å². The first kappa shape index (κ1) is 19.8. The normalized spacial score (nSPS) is 25.4. The quantitative estimate of drug-likeness (QED) is 0.646. The maximum absolute atomic E-state index is 13.6. The van der Waals surface area contributed by atoms with E-state index in [9.17, 15) is 4.79 Å². The molecule has 2 aromatic carbocycles. The zero-order valence-corrected chi connectivity index (χ0v) is 18.9. The molecule has 3 atom stereocenters. The first-order valence-corrected chi connectivity index (χ1v) is 12.0. The largest absolute Gasteiger partial charge is 0.354 e. The predicted octanol–water partition coefficient (Wildman–Crippen LogP) is 4.56. The number of nitrogens with zero attached hydrogens (tertiary/aromatic N) is 1. The van der Waals surface area contributed by atoms with E-state index in [4.69, 9.17) is 0 Å². The Hall–Kier alpha value is -2.85. The summed E-state index contributed by atoms with van der Waals surface area (Å²) in [6.45, 7) is 5.91. The molecule has 0 spiro atoms. The molecule has 1 saturated heterocycles. The molecule has 1 amide bonds. The maximum Gasteiger partial charge on any atom is 0.274 e. The highest BCUT2D eigenvalue weighted by Gasteiger charge is 2.53. The van der Waals surface area contributed by atoms with Crippen LogP contribution in [0.3, 0.4) is 0 Å². The van der Waals surface area contributed by atoms with Crippen LogP contribution in [0.5, 0.6) is 0 Å². The summed E-state index contributed by atoms with van der Waals surface area (Å²) in [7, 11) is 0. The molecule has 0 saturated carbocycles. The van der Waals surface area contributed by atoms with Crippen molar-refractivity contribution in [2.24, 2.45) is 5.92 Å². The summed E-state index contributed by atoms with van der Waals surface area (Å²) in [6.07, 6.45) is 4.34. The molecule has 2 N–H and O–H groups in total. The number of piperidine rings is 1. The topological polar surface area (TPSA) is 48.1 Å². The Morgan fingerprint density at radius 1 is 1.09 bits per heavy atom. The standard InChI is InChI=1S/C28H31N3O/c1-3-31(20-10-5-4-6-11-20)27(32)26-18(2)21-16-23-24-15-19-9-7-8-12-22(19)28(23,13-14-29-24)17-25(21)30-26/h4-12,23-24,29-30H,3,13-17H2,1-2H3. The third-order valence-corrected chi connectivity index (χ3v) is 8.39. The zero-order valence-electron chi connectivity index (χ0n) is 18.9. The Morgan fingerprint density at radius 2 is 1.88 bits per heavy atom. The van der Waals surface area contributed by atoms with E-state index < -0.39 is 0 Å². The summed E-state index contributed by atoms with van der Waals surface area (Å²) >= 11 is 0. The summed E-state index contributed by atoms with van der Waals surface area (Å²) in [5, 5.41) is 3.83. The van der Waals surface area contributed by atoms with Crippen molar-refractivity contribution in [3.05, 3.63) is 88.2 Å². The number of aromatic nitrogens is 1. The van der Waals surface area contributed by atoms with Crippen molar-refractivity contribution >= 4 is 11.6 Å². The van der Waals surface area contributed by atoms with Crippen LogP contribution in [-0.4, -0.2) is 30.0 Å². The molecule has 0 radical (unpaired) electrons. The zero-order chi connectivity index (χ0) is 21.9. The second kappa shape index (κ2) is 7.35. The van der Waals surface area contributed by atoms with Crippen molar-refractivity contribution in [2.75, 3.05) is 18.0 Å². The summed E-state index contributed by atoms with van der Waals surface area (Å²) in [5.74, 6) is 0.667.